The standard InChI is InChI=1S/C11H24N2O2/c1-5-11(4,15)7-13-10(14)9(6-12)8(2)3/h8-9,15H,5-7,12H2,1-4H3,(H,13,14). The minimum Gasteiger partial charge on any atom is -0.388 e. The zero-order valence-corrected chi connectivity index (χ0v) is 10.2. The van der Waals surface area contributed by atoms with E-state index in [1.54, 1.807) is 6.92 Å². The summed E-state index contributed by atoms with van der Waals surface area (Å²) in [5.74, 6) is -0.0135. The second-order valence-corrected chi connectivity index (χ2v) is 4.65. The van der Waals surface area contributed by atoms with Crippen LogP contribution in [0.4, 0.5) is 0 Å². The quantitative estimate of drug-likeness (QED) is 0.605. The molecule has 0 bridgehead atoms. The van der Waals surface area contributed by atoms with Crippen LogP contribution in [0, 0.1) is 11.8 Å². The monoisotopic (exact) mass is 216 g/mol. The second-order valence-electron chi connectivity index (χ2n) is 4.65. The van der Waals surface area contributed by atoms with Crippen molar-refractivity contribution in [2.75, 3.05) is 13.1 Å². The maximum atomic E-state index is 11.7. The van der Waals surface area contributed by atoms with E-state index in [1.165, 1.54) is 0 Å². The molecule has 0 saturated heterocycles. The first kappa shape index (κ1) is 14.4. The van der Waals surface area contributed by atoms with Crippen LogP contribution in [0.5, 0.6) is 0 Å². The summed E-state index contributed by atoms with van der Waals surface area (Å²) < 4.78 is 0. The van der Waals surface area contributed by atoms with Crippen molar-refractivity contribution in [2.24, 2.45) is 17.6 Å². The average molecular weight is 216 g/mol. The van der Waals surface area contributed by atoms with E-state index in [9.17, 15) is 9.90 Å². The number of aliphatic hydroxyl groups is 1. The van der Waals surface area contributed by atoms with E-state index in [0.717, 1.165) is 0 Å². The topological polar surface area (TPSA) is 75.3 Å². The molecule has 90 valence electrons. The highest BCUT2D eigenvalue weighted by molar-refractivity contribution is 5.79. The Labute approximate surface area is 92.2 Å². The lowest BCUT2D eigenvalue weighted by Crippen LogP contribution is -2.45. The lowest BCUT2D eigenvalue weighted by atomic mass is 9.94. The number of carbonyl (C=O) groups excluding carboxylic acids is 1. The highest BCUT2D eigenvalue weighted by Crippen LogP contribution is 2.11. The lowest BCUT2D eigenvalue weighted by Gasteiger charge is -2.24. The Kier molecular flexibility index (Phi) is 5.83. The number of nitrogens with two attached hydrogens (primary N) is 1. The SMILES string of the molecule is CCC(C)(O)CNC(=O)C(CN)C(C)C. The zero-order chi connectivity index (χ0) is 12.1. The molecule has 4 nitrogen and oxygen atoms in total. The molecule has 0 saturated carbocycles. The van der Waals surface area contributed by atoms with E-state index in [2.05, 4.69) is 5.32 Å². The van der Waals surface area contributed by atoms with Crippen LogP contribution in [0.3, 0.4) is 0 Å². The van der Waals surface area contributed by atoms with Crippen LogP contribution < -0.4 is 11.1 Å². The minimum absolute atomic E-state index is 0.0683. The first-order chi connectivity index (χ1) is 6.84. The Balaban J connectivity index is 4.13. The van der Waals surface area contributed by atoms with Gasteiger partial charge in [-0.05, 0) is 19.3 Å². The minimum atomic E-state index is -0.828. The van der Waals surface area contributed by atoms with Crippen LogP contribution in [-0.4, -0.2) is 29.7 Å². The van der Waals surface area contributed by atoms with E-state index in [-0.39, 0.29) is 24.3 Å². The van der Waals surface area contributed by atoms with Crippen molar-refractivity contribution in [1.82, 2.24) is 5.32 Å². The van der Waals surface area contributed by atoms with Gasteiger partial charge in [0, 0.05) is 13.1 Å². The zero-order valence-electron chi connectivity index (χ0n) is 10.2. The number of amides is 1. The fraction of sp³-hybridized carbons (Fsp3) is 0.909. The molecule has 1 amide bonds. The second kappa shape index (κ2) is 6.08. The fourth-order valence-corrected chi connectivity index (χ4v) is 1.22. The normalized spacial score (nSPS) is 17.3. The molecule has 0 aliphatic heterocycles. The molecular formula is C11H24N2O2. The average Bonchev–Trinajstić information content (AvgIpc) is 2.15. The van der Waals surface area contributed by atoms with Gasteiger partial charge in [0.15, 0.2) is 0 Å². The van der Waals surface area contributed by atoms with Gasteiger partial charge in [-0.15, -0.1) is 0 Å². The lowest BCUT2D eigenvalue weighted by molar-refractivity contribution is -0.127. The van der Waals surface area contributed by atoms with Gasteiger partial charge >= 0.3 is 0 Å². The molecule has 2 unspecified atom stereocenters. The first-order valence-electron chi connectivity index (χ1n) is 5.54. The molecule has 0 aromatic carbocycles. The summed E-state index contributed by atoms with van der Waals surface area (Å²) in [6.07, 6.45) is 0.613. The van der Waals surface area contributed by atoms with Gasteiger partial charge in [-0.2, -0.15) is 0 Å². The summed E-state index contributed by atoms with van der Waals surface area (Å²) in [7, 11) is 0. The molecule has 0 rings (SSSR count). The van der Waals surface area contributed by atoms with E-state index >= 15 is 0 Å². The Morgan fingerprint density at radius 1 is 1.53 bits per heavy atom. The number of carbonyl (C=O) groups is 1. The Morgan fingerprint density at radius 2 is 2.07 bits per heavy atom. The number of rotatable bonds is 6. The van der Waals surface area contributed by atoms with Gasteiger partial charge in [-0.1, -0.05) is 20.8 Å². The molecule has 4 N–H and O–H groups in total. The van der Waals surface area contributed by atoms with Crippen LogP contribution in [0.15, 0.2) is 0 Å². The van der Waals surface area contributed by atoms with Gasteiger partial charge < -0.3 is 16.2 Å². The van der Waals surface area contributed by atoms with Crippen molar-refractivity contribution < 1.29 is 9.90 Å². The summed E-state index contributed by atoms with van der Waals surface area (Å²) in [6, 6.07) is 0. The van der Waals surface area contributed by atoms with Gasteiger partial charge in [0.25, 0.3) is 0 Å². The summed E-state index contributed by atoms with van der Waals surface area (Å²) in [4.78, 5) is 11.7. The molecule has 0 radical (unpaired) electrons. The molecular weight excluding hydrogens is 192 g/mol. The molecule has 0 fully saturated rings. The van der Waals surface area contributed by atoms with Crippen molar-refractivity contribution >= 4 is 5.91 Å². The van der Waals surface area contributed by atoms with Crippen molar-refractivity contribution in [2.45, 2.75) is 39.7 Å². The van der Waals surface area contributed by atoms with Gasteiger partial charge in [0.1, 0.15) is 0 Å². The summed E-state index contributed by atoms with van der Waals surface area (Å²) in [5, 5.41) is 12.5. The van der Waals surface area contributed by atoms with Crippen LogP contribution in [0.25, 0.3) is 0 Å². The van der Waals surface area contributed by atoms with Gasteiger partial charge in [-0.3, -0.25) is 4.79 Å². The third-order valence-electron chi connectivity index (χ3n) is 2.80. The number of nitrogens with one attached hydrogen (secondary N) is 1. The van der Waals surface area contributed by atoms with Crippen molar-refractivity contribution in [1.29, 1.82) is 0 Å². The fourth-order valence-electron chi connectivity index (χ4n) is 1.22. The molecule has 0 aliphatic rings. The summed E-state index contributed by atoms with van der Waals surface area (Å²) in [5.41, 5.74) is 4.70. The molecule has 0 aromatic heterocycles. The molecule has 0 aromatic rings. The van der Waals surface area contributed by atoms with Crippen LogP contribution in [-0.2, 0) is 4.79 Å². The van der Waals surface area contributed by atoms with E-state index in [4.69, 9.17) is 5.73 Å². The van der Waals surface area contributed by atoms with Crippen molar-refractivity contribution in [3.63, 3.8) is 0 Å². The predicted octanol–water partition coefficient (Wildman–Crippen LogP) is 0.495. The molecule has 0 spiro atoms. The maximum absolute atomic E-state index is 11.7. The first-order valence-corrected chi connectivity index (χ1v) is 5.54. The highest BCUT2D eigenvalue weighted by Gasteiger charge is 2.23. The van der Waals surface area contributed by atoms with Gasteiger partial charge in [0.2, 0.25) is 5.91 Å². The highest BCUT2D eigenvalue weighted by atomic mass is 16.3. The molecule has 0 aliphatic carbocycles. The Hall–Kier alpha value is -0.610. The Bertz CT molecular complexity index is 203. The van der Waals surface area contributed by atoms with Gasteiger partial charge in [0.05, 0.1) is 11.5 Å². The largest absolute Gasteiger partial charge is 0.388 e. The van der Waals surface area contributed by atoms with Crippen molar-refractivity contribution in [3.05, 3.63) is 0 Å². The van der Waals surface area contributed by atoms with Crippen LogP contribution in [0.1, 0.15) is 34.1 Å². The van der Waals surface area contributed by atoms with E-state index in [1.807, 2.05) is 20.8 Å². The van der Waals surface area contributed by atoms with Crippen LogP contribution >= 0.6 is 0 Å². The van der Waals surface area contributed by atoms with Crippen LogP contribution in [0.2, 0.25) is 0 Å². The molecule has 0 heterocycles. The summed E-state index contributed by atoms with van der Waals surface area (Å²) in [6.45, 7) is 8.16. The summed E-state index contributed by atoms with van der Waals surface area (Å²) >= 11 is 0. The third kappa shape index (κ3) is 5.14. The van der Waals surface area contributed by atoms with Crippen molar-refractivity contribution in [3.8, 4) is 0 Å². The smallest absolute Gasteiger partial charge is 0.224 e. The Morgan fingerprint density at radius 3 is 2.40 bits per heavy atom. The number of hydrogen-bond donors (Lipinski definition) is 3. The molecule has 15 heavy (non-hydrogen) atoms. The molecule has 2 atom stereocenters. The van der Waals surface area contributed by atoms with Gasteiger partial charge in [-0.25, -0.2) is 0 Å². The predicted molar refractivity (Wildman–Crippen MR) is 61.3 cm³/mol. The third-order valence-corrected chi connectivity index (χ3v) is 2.80. The van der Waals surface area contributed by atoms with E-state index in [0.29, 0.717) is 13.0 Å². The maximum Gasteiger partial charge on any atom is 0.224 e. The molecule has 4 heteroatoms. The number of hydrogen-bond acceptors (Lipinski definition) is 3. The van der Waals surface area contributed by atoms with E-state index < -0.39 is 5.60 Å².